The molecule has 17 heavy (non-hydrogen) atoms. The fourth-order valence-corrected chi connectivity index (χ4v) is 2.58. The summed E-state index contributed by atoms with van der Waals surface area (Å²) in [5.74, 6) is 0.599. The van der Waals surface area contributed by atoms with Crippen molar-refractivity contribution in [2.75, 3.05) is 0 Å². The molecule has 2 nitrogen and oxygen atoms in total. The minimum Gasteiger partial charge on any atom is -0.435 e. The standard InChI is InChI=1S/C13H17F2NO/c1-9-3-2-8-13(9,16)10-4-6-11(7-5-10)17-12(14)15/h4-7,9,12H,2-3,8,16H2,1H3. The maximum atomic E-state index is 12.0. The Balaban J connectivity index is 2.17. The first kappa shape index (κ1) is 12.3. The molecule has 94 valence electrons. The number of hydrogen-bond donors (Lipinski definition) is 1. The van der Waals surface area contributed by atoms with Crippen molar-refractivity contribution in [1.82, 2.24) is 0 Å². The number of benzene rings is 1. The van der Waals surface area contributed by atoms with Gasteiger partial charge < -0.3 is 10.5 Å². The molecule has 1 aliphatic rings. The molecule has 1 saturated carbocycles. The molecule has 2 atom stereocenters. The van der Waals surface area contributed by atoms with Gasteiger partial charge in [-0.2, -0.15) is 8.78 Å². The monoisotopic (exact) mass is 241 g/mol. The second-order valence-corrected chi connectivity index (χ2v) is 4.74. The Hall–Kier alpha value is -1.16. The van der Waals surface area contributed by atoms with Crippen molar-refractivity contribution in [3.8, 4) is 5.75 Å². The van der Waals surface area contributed by atoms with Gasteiger partial charge in [0.25, 0.3) is 0 Å². The Morgan fingerprint density at radius 3 is 2.47 bits per heavy atom. The van der Waals surface area contributed by atoms with Gasteiger partial charge in [0.1, 0.15) is 5.75 Å². The van der Waals surface area contributed by atoms with Crippen molar-refractivity contribution in [3.63, 3.8) is 0 Å². The molecule has 4 heteroatoms. The van der Waals surface area contributed by atoms with Crippen LogP contribution in [0.15, 0.2) is 24.3 Å². The van der Waals surface area contributed by atoms with Crippen LogP contribution >= 0.6 is 0 Å². The molecule has 2 N–H and O–H groups in total. The lowest BCUT2D eigenvalue weighted by atomic mass is 9.82. The molecule has 0 heterocycles. The van der Waals surface area contributed by atoms with Gasteiger partial charge in [0, 0.05) is 5.54 Å². The highest BCUT2D eigenvalue weighted by atomic mass is 19.3. The number of alkyl halides is 2. The fourth-order valence-electron chi connectivity index (χ4n) is 2.58. The minimum absolute atomic E-state index is 0.179. The molecule has 0 spiro atoms. The third-order valence-electron chi connectivity index (χ3n) is 3.72. The van der Waals surface area contributed by atoms with E-state index in [9.17, 15) is 8.78 Å². The summed E-state index contributed by atoms with van der Waals surface area (Å²) in [6.45, 7) is -0.644. The van der Waals surface area contributed by atoms with Crippen molar-refractivity contribution in [3.05, 3.63) is 29.8 Å². The number of hydrogen-bond acceptors (Lipinski definition) is 2. The highest BCUT2D eigenvalue weighted by molar-refractivity contribution is 5.33. The Labute approximate surface area is 99.8 Å². The molecule has 0 bridgehead atoms. The van der Waals surface area contributed by atoms with Gasteiger partial charge in [-0.1, -0.05) is 25.5 Å². The lowest BCUT2D eigenvalue weighted by molar-refractivity contribution is -0.0498. The quantitative estimate of drug-likeness (QED) is 0.881. The van der Waals surface area contributed by atoms with E-state index >= 15 is 0 Å². The van der Waals surface area contributed by atoms with E-state index in [4.69, 9.17) is 5.73 Å². The van der Waals surface area contributed by atoms with E-state index in [-0.39, 0.29) is 11.3 Å². The highest BCUT2D eigenvalue weighted by Gasteiger charge is 2.37. The van der Waals surface area contributed by atoms with Crippen LogP contribution in [0.25, 0.3) is 0 Å². The van der Waals surface area contributed by atoms with Crippen LogP contribution in [-0.2, 0) is 5.54 Å². The van der Waals surface area contributed by atoms with E-state index in [0.29, 0.717) is 5.92 Å². The smallest absolute Gasteiger partial charge is 0.387 e. The van der Waals surface area contributed by atoms with Crippen molar-refractivity contribution in [2.24, 2.45) is 11.7 Å². The van der Waals surface area contributed by atoms with Gasteiger partial charge in [-0.05, 0) is 36.5 Å². The van der Waals surface area contributed by atoms with Crippen molar-refractivity contribution < 1.29 is 13.5 Å². The maximum Gasteiger partial charge on any atom is 0.387 e. The van der Waals surface area contributed by atoms with Crippen LogP contribution in [0.3, 0.4) is 0 Å². The predicted molar refractivity (Wildman–Crippen MR) is 62.0 cm³/mol. The molecule has 1 aromatic rings. The first-order valence-electron chi connectivity index (χ1n) is 5.86. The Bertz CT molecular complexity index is 380. The molecule has 0 aliphatic heterocycles. The topological polar surface area (TPSA) is 35.2 Å². The molecular formula is C13H17F2NO. The van der Waals surface area contributed by atoms with Crippen molar-refractivity contribution >= 4 is 0 Å². The zero-order valence-corrected chi connectivity index (χ0v) is 9.83. The highest BCUT2D eigenvalue weighted by Crippen LogP contribution is 2.41. The summed E-state index contributed by atoms with van der Waals surface area (Å²) in [6, 6.07) is 6.70. The van der Waals surface area contributed by atoms with E-state index in [0.717, 1.165) is 24.8 Å². The van der Waals surface area contributed by atoms with E-state index in [1.54, 1.807) is 24.3 Å². The van der Waals surface area contributed by atoms with Crippen LogP contribution < -0.4 is 10.5 Å². The molecule has 2 rings (SSSR count). The van der Waals surface area contributed by atoms with E-state index < -0.39 is 6.61 Å². The molecule has 1 aliphatic carbocycles. The molecule has 1 fully saturated rings. The summed E-state index contributed by atoms with van der Waals surface area (Å²) < 4.78 is 28.3. The van der Waals surface area contributed by atoms with E-state index in [2.05, 4.69) is 11.7 Å². The average molecular weight is 241 g/mol. The summed E-state index contributed by atoms with van der Waals surface area (Å²) >= 11 is 0. The number of halogens is 2. The lowest BCUT2D eigenvalue weighted by Crippen LogP contribution is -2.38. The molecule has 0 saturated heterocycles. The van der Waals surface area contributed by atoms with E-state index in [1.165, 1.54) is 0 Å². The molecule has 0 radical (unpaired) electrons. The molecule has 0 aromatic heterocycles. The van der Waals surface area contributed by atoms with Gasteiger partial charge in [0.2, 0.25) is 0 Å². The summed E-state index contributed by atoms with van der Waals surface area (Å²) in [6.07, 6.45) is 3.18. The number of rotatable bonds is 3. The van der Waals surface area contributed by atoms with Crippen LogP contribution in [0.4, 0.5) is 8.78 Å². The van der Waals surface area contributed by atoms with Crippen LogP contribution in [0, 0.1) is 5.92 Å². The predicted octanol–water partition coefficient (Wildman–Crippen LogP) is 3.26. The van der Waals surface area contributed by atoms with Gasteiger partial charge in [0.05, 0.1) is 0 Å². The zero-order valence-electron chi connectivity index (χ0n) is 9.83. The van der Waals surface area contributed by atoms with Crippen molar-refractivity contribution in [2.45, 2.75) is 38.3 Å². The molecule has 2 unspecified atom stereocenters. The Kier molecular flexibility index (Phi) is 3.33. The second kappa shape index (κ2) is 4.61. The summed E-state index contributed by atoms with van der Waals surface area (Å²) in [5, 5.41) is 0. The van der Waals surface area contributed by atoms with E-state index in [1.807, 2.05) is 0 Å². The Morgan fingerprint density at radius 1 is 1.35 bits per heavy atom. The normalized spacial score (nSPS) is 28.6. The first-order valence-corrected chi connectivity index (χ1v) is 5.86. The van der Waals surface area contributed by atoms with Crippen molar-refractivity contribution in [1.29, 1.82) is 0 Å². The van der Waals surface area contributed by atoms with Gasteiger partial charge in [-0.3, -0.25) is 0 Å². The molecule has 1 aromatic carbocycles. The summed E-state index contributed by atoms with van der Waals surface area (Å²) in [5.41, 5.74) is 7.07. The number of nitrogens with two attached hydrogens (primary N) is 1. The van der Waals surface area contributed by atoms with Gasteiger partial charge in [-0.15, -0.1) is 0 Å². The third kappa shape index (κ3) is 2.41. The summed E-state index contributed by atoms with van der Waals surface area (Å²) in [7, 11) is 0. The molecule has 0 amide bonds. The van der Waals surface area contributed by atoms with Crippen LogP contribution in [-0.4, -0.2) is 6.61 Å². The van der Waals surface area contributed by atoms with Gasteiger partial charge in [-0.25, -0.2) is 0 Å². The lowest BCUT2D eigenvalue weighted by Gasteiger charge is -2.29. The zero-order chi connectivity index (χ0) is 12.5. The maximum absolute atomic E-state index is 12.0. The third-order valence-corrected chi connectivity index (χ3v) is 3.72. The number of ether oxygens (including phenoxy) is 1. The second-order valence-electron chi connectivity index (χ2n) is 4.74. The summed E-state index contributed by atoms with van der Waals surface area (Å²) in [4.78, 5) is 0. The van der Waals surface area contributed by atoms with Gasteiger partial charge in [0.15, 0.2) is 0 Å². The largest absolute Gasteiger partial charge is 0.435 e. The minimum atomic E-state index is -2.78. The Morgan fingerprint density at radius 2 is 2.00 bits per heavy atom. The van der Waals surface area contributed by atoms with Crippen LogP contribution in [0.1, 0.15) is 31.7 Å². The van der Waals surface area contributed by atoms with Crippen LogP contribution in [0.5, 0.6) is 5.75 Å². The van der Waals surface area contributed by atoms with Crippen LogP contribution in [0.2, 0.25) is 0 Å². The van der Waals surface area contributed by atoms with Gasteiger partial charge >= 0.3 is 6.61 Å². The fraction of sp³-hybridized carbons (Fsp3) is 0.538. The average Bonchev–Trinajstić information content (AvgIpc) is 2.60. The first-order chi connectivity index (χ1) is 8.02. The molecular weight excluding hydrogens is 224 g/mol. The SMILES string of the molecule is CC1CCCC1(N)c1ccc(OC(F)F)cc1.